The fourth-order valence-corrected chi connectivity index (χ4v) is 2.50. The van der Waals surface area contributed by atoms with Gasteiger partial charge in [0.1, 0.15) is 6.61 Å². The topological polar surface area (TPSA) is 73.8 Å². The van der Waals surface area contributed by atoms with E-state index in [-0.39, 0.29) is 12.6 Å². The highest BCUT2D eigenvalue weighted by atomic mass is 16.7. The molecule has 1 aromatic heterocycles. The monoisotopic (exact) mass is 369 g/mol. The Hall–Kier alpha value is -2.45. The highest BCUT2D eigenvalue weighted by molar-refractivity contribution is 6.61. The highest BCUT2D eigenvalue weighted by Crippen LogP contribution is 2.36. The first-order valence-corrected chi connectivity index (χ1v) is 8.81. The van der Waals surface area contributed by atoms with Gasteiger partial charge < -0.3 is 14.0 Å². The average molecular weight is 369 g/mol. The van der Waals surface area contributed by atoms with E-state index in [0.717, 1.165) is 5.56 Å². The molecule has 0 spiro atoms. The summed E-state index contributed by atoms with van der Waals surface area (Å²) in [4.78, 5) is 22.0. The molecule has 1 aliphatic rings. The van der Waals surface area contributed by atoms with Crippen LogP contribution in [0.1, 0.15) is 33.3 Å². The van der Waals surface area contributed by atoms with Gasteiger partial charge >= 0.3 is 13.2 Å². The molecule has 0 unspecified atom stereocenters. The van der Waals surface area contributed by atoms with Gasteiger partial charge in [-0.2, -0.15) is 0 Å². The Kier molecular flexibility index (Phi) is 5.21. The van der Waals surface area contributed by atoms with Crippen molar-refractivity contribution in [3.63, 3.8) is 0 Å². The molecule has 3 rings (SSSR count). The van der Waals surface area contributed by atoms with Crippen molar-refractivity contribution >= 4 is 24.6 Å². The quantitative estimate of drug-likeness (QED) is 0.772. The van der Waals surface area contributed by atoms with Crippen LogP contribution in [0.25, 0.3) is 0 Å². The van der Waals surface area contributed by atoms with Crippen LogP contribution in [-0.2, 0) is 20.7 Å². The summed E-state index contributed by atoms with van der Waals surface area (Å²) in [5.41, 5.74) is 0.739. The number of anilines is 1. The summed E-state index contributed by atoms with van der Waals surface area (Å²) in [5.74, 6) is 0.244. The molecule has 27 heavy (non-hydrogen) atoms. The van der Waals surface area contributed by atoms with Gasteiger partial charge in [0, 0.05) is 24.9 Å². The summed E-state index contributed by atoms with van der Waals surface area (Å²) in [6, 6.07) is 9.48. The Morgan fingerprint density at radius 2 is 1.63 bits per heavy atom. The molecule has 7 nitrogen and oxygen atoms in total. The van der Waals surface area contributed by atoms with E-state index in [4.69, 9.17) is 14.0 Å². The first kappa shape index (κ1) is 19.3. The number of carbonyl (C=O) groups is 1. The lowest BCUT2D eigenvalue weighted by atomic mass is 9.81. The van der Waals surface area contributed by atoms with Gasteiger partial charge in [-0.1, -0.05) is 30.3 Å². The molecule has 0 aliphatic carbocycles. The van der Waals surface area contributed by atoms with Crippen LogP contribution in [0.5, 0.6) is 0 Å². The number of amides is 1. The van der Waals surface area contributed by atoms with Crippen molar-refractivity contribution in [1.29, 1.82) is 0 Å². The van der Waals surface area contributed by atoms with Crippen LogP contribution in [0.15, 0.2) is 42.7 Å². The first-order valence-electron chi connectivity index (χ1n) is 8.81. The molecule has 0 N–H and O–H groups in total. The van der Waals surface area contributed by atoms with E-state index >= 15 is 0 Å². The Morgan fingerprint density at radius 1 is 1.07 bits per heavy atom. The van der Waals surface area contributed by atoms with Crippen LogP contribution in [0, 0.1) is 0 Å². The Bertz CT molecular complexity index is 780. The smallest absolute Gasteiger partial charge is 0.444 e. The van der Waals surface area contributed by atoms with Crippen molar-refractivity contribution in [3.8, 4) is 0 Å². The maximum absolute atomic E-state index is 12.2. The highest BCUT2D eigenvalue weighted by Gasteiger charge is 2.52. The molecule has 8 heteroatoms. The second kappa shape index (κ2) is 7.29. The number of carbonyl (C=O) groups excluding carboxylic acids is 1. The van der Waals surface area contributed by atoms with E-state index in [1.54, 1.807) is 19.4 Å². The van der Waals surface area contributed by atoms with Gasteiger partial charge in [-0.25, -0.2) is 19.7 Å². The zero-order valence-electron chi connectivity index (χ0n) is 16.3. The first-order chi connectivity index (χ1) is 12.7. The molecule has 0 atom stereocenters. The third kappa shape index (κ3) is 4.12. The van der Waals surface area contributed by atoms with Gasteiger partial charge in [-0.15, -0.1) is 0 Å². The summed E-state index contributed by atoms with van der Waals surface area (Å²) in [6.07, 6.45) is 2.68. The minimum absolute atomic E-state index is 0.190. The number of aromatic nitrogens is 2. The molecule has 1 fully saturated rings. The van der Waals surface area contributed by atoms with E-state index in [1.807, 2.05) is 58.0 Å². The molecule has 1 saturated heterocycles. The van der Waals surface area contributed by atoms with Crippen molar-refractivity contribution in [3.05, 3.63) is 48.3 Å². The van der Waals surface area contributed by atoms with Crippen molar-refractivity contribution in [2.24, 2.45) is 0 Å². The van der Waals surface area contributed by atoms with Crippen LogP contribution in [0.4, 0.5) is 10.7 Å². The number of rotatable bonds is 4. The molecule has 142 valence electrons. The Balaban J connectivity index is 1.62. The summed E-state index contributed by atoms with van der Waals surface area (Å²) < 4.78 is 17.2. The predicted molar refractivity (Wildman–Crippen MR) is 103 cm³/mol. The fraction of sp³-hybridized carbons (Fsp3) is 0.421. The lowest BCUT2D eigenvalue weighted by Gasteiger charge is -2.32. The van der Waals surface area contributed by atoms with Gasteiger partial charge in [0.05, 0.1) is 11.2 Å². The maximum atomic E-state index is 12.2. The van der Waals surface area contributed by atoms with Gasteiger partial charge in [-0.05, 0) is 33.3 Å². The standard InChI is InChI=1S/C19H24BN3O4/c1-18(2)19(3,4)27-20(26-18)15-11-21-16(22-12-15)23(5)17(24)25-13-14-9-7-6-8-10-14/h6-12H,13H2,1-5H3. The predicted octanol–water partition coefficient (Wildman–Crippen LogP) is 2.55. The van der Waals surface area contributed by atoms with E-state index < -0.39 is 24.4 Å². The van der Waals surface area contributed by atoms with Crippen molar-refractivity contribution in [2.75, 3.05) is 11.9 Å². The minimum Gasteiger partial charge on any atom is -0.444 e. The van der Waals surface area contributed by atoms with Gasteiger partial charge in [0.25, 0.3) is 0 Å². The van der Waals surface area contributed by atoms with Crippen molar-refractivity contribution < 1.29 is 18.8 Å². The zero-order chi connectivity index (χ0) is 19.7. The molecule has 1 aromatic carbocycles. The number of nitrogens with zero attached hydrogens (tertiary/aromatic N) is 3. The van der Waals surface area contributed by atoms with E-state index in [1.165, 1.54) is 4.90 Å². The van der Waals surface area contributed by atoms with Crippen LogP contribution in [0.2, 0.25) is 0 Å². The van der Waals surface area contributed by atoms with Crippen molar-refractivity contribution in [2.45, 2.75) is 45.5 Å². The normalized spacial score (nSPS) is 17.6. The number of ether oxygens (including phenoxy) is 1. The van der Waals surface area contributed by atoms with Crippen molar-refractivity contribution in [1.82, 2.24) is 9.97 Å². The van der Waals surface area contributed by atoms with Crippen LogP contribution in [0.3, 0.4) is 0 Å². The van der Waals surface area contributed by atoms with Crippen LogP contribution in [-0.4, -0.2) is 41.4 Å². The molecule has 0 bridgehead atoms. The second-order valence-electron chi connectivity index (χ2n) is 7.50. The summed E-state index contributed by atoms with van der Waals surface area (Å²) in [5, 5.41) is 0. The third-order valence-electron chi connectivity index (χ3n) is 4.96. The van der Waals surface area contributed by atoms with Gasteiger partial charge in [0.15, 0.2) is 0 Å². The summed E-state index contributed by atoms with van der Waals surface area (Å²) in [7, 11) is 1.02. The minimum atomic E-state index is -0.542. The second-order valence-corrected chi connectivity index (χ2v) is 7.50. The SMILES string of the molecule is CN(C(=O)OCc1ccccc1)c1ncc(B2OC(C)(C)C(C)(C)O2)cn1. The third-order valence-corrected chi connectivity index (χ3v) is 4.96. The number of hydrogen-bond acceptors (Lipinski definition) is 6. The molecular weight excluding hydrogens is 345 g/mol. The lowest BCUT2D eigenvalue weighted by Crippen LogP contribution is -2.41. The van der Waals surface area contributed by atoms with Gasteiger partial charge in [0.2, 0.25) is 5.95 Å². The fourth-order valence-electron chi connectivity index (χ4n) is 2.50. The van der Waals surface area contributed by atoms with E-state index in [2.05, 4.69) is 9.97 Å². The molecule has 2 aromatic rings. The Morgan fingerprint density at radius 3 is 2.19 bits per heavy atom. The van der Waals surface area contributed by atoms with Crippen LogP contribution >= 0.6 is 0 Å². The summed E-state index contributed by atoms with van der Waals surface area (Å²) in [6.45, 7) is 8.13. The Labute approximate surface area is 159 Å². The number of benzene rings is 1. The molecule has 2 heterocycles. The zero-order valence-corrected chi connectivity index (χ0v) is 16.3. The molecule has 0 saturated carbocycles. The molecule has 0 radical (unpaired) electrons. The lowest BCUT2D eigenvalue weighted by molar-refractivity contribution is 0.00578. The average Bonchev–Trinajstić information content (AvgIpc) is 2.87. The molecule has 1 aliphatic heterocycles. The van der Waals surface area contributed by atoms with E-state index in [0.29, 0.717) is 5.46 Å². The summed E-state index contributed by atoms with van der Waals surface area (Å²) >= 11 is 0. The largest absolute Gasteiger partial charge is 0.498 e. The van der Waals surface area contributed by atoms with E-state index in [9.17, 15) is 4.79 Å². The van der Waals surface area contributed by atoms with Crippen LogP contribution < -0.4 is 10.4 Å². The molecular formula is C19H24BN3O4. The van der Waals surface area contributed by atoms with Gasteiger partial charge in [-0.3, -0.25) is 0 Å². The maximum Gasteiger partial charge on any atom is 0.498 e. The molecule has 1 amide bonds. The number of hydrogen-bond donors (Lipinski definition) is 0.